The molecule has 0 aliphatic rings. The van der Waals surface area contributed by atoms with Gasteiger partial charge in [0.2, 0.25) is 0 Å². The third-order valence-corrected chi connectivity index (χ3v) is 15.7. The molecule has 0 radical (unpaired) electrons. The number of para-hydroxylation sites is 2. The lowest BCUT2D eigenvalue weighted by atomic mass is 10.1. The minimum atomic E-state index is 0.667. The Bertz CT molecular complexity index is 4470. The van der Waals surface area contributed by atoms with Crippen LogP contribution in [0.25, 0.3) is 37.2 Å². The average molecular weight is 1170 g/mol. The molecule has 0 aliphatic heterocycles. The zero-order chi connectivity index (χ0) is 63.2. The smallest absolute Gasteiger partial charge is 0.189 e. The molecule has 0 amide bonds. The highest BCUT2D eigenvalue weighted by Gasteiger charge is 2.11. The fourth-order valence-corrected chi connectivity index (χ4v) is 10.5. The zero-order valence-corrected chi connectivity index (χ0v) is 52.5. The maximum Gasteiger partial charge on any atom is 0.189 e. The van der Waals surface area contributed by atoms with Crippen LogP contribution < -0.4 is 29.2 Å². The Balaban J connectivity index is 0.000000134. The first-order valence-corrected chi connectivity index (χ1v) is 29.9. The Morgan fingerprint density at radius 3 is 1.09 bits per heavy atom. The Morgan fingerprint density at radius 2 is 0.656 bits per heavy atom. The highest BCUT2D eigenvalue weighted by Crippen LogP contribution is 2.35. The number of anilines is 10. The van der Waals surface area contributed by atoms with Crippen LogP contribution in [0.2, 0.25) is 0 Å². The van der Waals surface area contributed by atoms with Crippen molar-refractivity contribution >= 4 is 94.9 Å². The fourth-order valence-electron chi connectivity index (χ4n) is 10.5. The van der Waals surface area contributed by atoms with E-state index in [1.807, 2.05) is 123 Å². The van der Waals surface area contributed by atoms with Crippen molar-refractivity contribution in [1.82, 2.24) is 0 Å². The number of hydrogen-bond donors (Lipinski definition) is 0. The minimum absolute atomic E-state index is 0.667. The van der Waals surface area contributed by atoms with E-state index >= 15 is 0 Å². The van der Waals surface area contributed by atoms with Gasteiger partial charge in [-0.05, 0) is 163 Å². The summed E-state index contributed by atoms with van der Waals surface area (Å²) in [6, 6.07) is 108. The van der Waals surface area contributed by atoms with E-state index in [-0.39, 0.29) is 0 Å². The molecule has 0 spiro atoms. The highest BCUT2D eigenvalue weighted by molar-refractivity contribution is 5.98. The van der Waals surface area contributed by atoms with Gasteiger partial charge in [0, 0.05) is 108 Å². The van der Waals surface area contributed by atoms with Gasteiger partial charge in [-0.3, -0.25) is 0 Å². The first-order valence-electron chi connectivity index (χ1n) is 29.9. The Kier molecular flexibility index (Phi) is 21.8. The van der Waals surface area contributed by atoms with Gasteiger partial charge in [-0.1, -0.05) is 188 Å². The molecule has 13 rings (SSSR count). The Hall–Kier alpha value is -11.6. The minimum Gasteiger partial charge on any atom is -0.497 e. The molecule has 13 aromatic carbocycles. The second-order valence-corrected chi connectivity index (χ2v) is 21.6. The van der Waals surface area contributed by atoms with Crippen LogP contribution in [0.5, 0.6) is 5.75 Å². The number of nitriles is 1. The number of aryl methyl sites for hydroxylation is 2. The molecule has 0 heterocycles. The van der Waals surface area contributed by atoms with E-state index in [0.29, 0.717) is 11.3 Å². The van der Waals surface area contributed by atoms with Crippen LogP contribution in [-0.4, -0.2) is 42.3 Å². The van der Waals surface area contributed by atoms with Crippen LogP contribution in [0.1, 0.15) is 16.7 Å². The molecule has 0 saturated heterocycles. The molecule has 13 aromatic rings. The average Bonchev–Trinajstić information content (AvgIpc) is 1.61. The summed E-state index contributed by atoms with van der Waals surface area (Å²) in [5.74, 6) is 0.875. The van der Waals surface area contributed by atoms with E-state index in [1.165, 1.54) is 71.9 Å². The SMILES string of the molecule is CN(c1ccccc1)c1ccc(C#N)cc1.COc1ccc(N(C)c2cccc3ccccc23)cc1.Cc1ccc(N(C)c2cccc3ccccc23)cc1.Cc1cccc(N(C)c2cccc3ccccc23)c1.[C-]#[N+]c1cccc(N(C)c2ccccc2)c1. The second kappa shape index (κ2) is 31.2. The molecule has 0 aromatic heterocycles. The largest absolute Gasteiger partial charge is 0.497 e. The van der Waals surface area contributed by atoms with Crippen LogP contribution in [0, 0.1) is 31.8 Å². The van der Waals surface area contributed by atoms with Crippen molar-refractivity contribution in [3.8, 4) is 11.8 Å². The molecule has 90 heavy (non-hydrogen) atoms. The van der Waals surface area contributed by atoms with Gasteiger partial charge in [-0.25, -0.2) is 4.85 Å². The lowest BCUT2D eigenvalue weighted by molar-refractivity contribution is 0.415. The Morgan fingerprint density at radius 1 is 0.322 bits per heavy atom. The van der Waals surface area contributed by atoms with Gasteiger partial charge < -0.3 is 29.2 Å². The maximum atomic E-state index is 8.72. The van der Waals surface area contributed by atoms with Gasteiger partial charge in [-0.2, -0.15) is 5.26 Å². The summed E-state index contributed by atoms with van der Waals surface area (Å²) in [7, 11) is 12.0. The highest BCUT2D eigenvalue weighted by atomic mass is 16.5. The first-order chi connectivity index (χ1) is 43.9. The predicted octanol–water partition coefficient (Wildman–Crippen LogP) is 21.8. The zero-order valence-electron chi connectivity index (χ0n) is 52.5. The van der Waals surface area contributed by atoms with E-state index in [2.05, 4.69) is 271 Å². The van der Waals surface area contributed by atoms with Gasteiger partial charge in [0.1, 0.15) is 5.75 Å². The van der Waals surface area contributed by atoms with Crippen molar-refractivity contribution in [2.75, 3.05) is 66.8 Å². The number of ether oxygens (including phenoxy) is 1. The molecule has 0 saturated carbocycles. The molecule has 8 heteroatoms. The summed E-state index contributed by atoms with van der Waals surface area (Å²) in [5, 5.41) is 16.4. The molecule has 8 nitrogen and oxygen atoms in total. The van der Waals surface area contributed by atoms with E-state index in [0.717, 1.165) is 34.2 Å². The van der Waals surface area contributed by atoms with Gasteiger partial charge in [0.25, 0.3) is 0 Å². The fraction of sp³-hybridized carbons (Fsp3) is 0.0976. The number of benzene rings is 13. The van der Waals surface area contributed by atoms with Crippen LogP contribution in [0.3, 0.4) is 0 Å². The van der Waals surface area contributed by atoms with Crippen molar-refractivity contribution in [2.24, 2.45) is 0 Å². The van der Waals surface area contributed by atoms with Crippen molar-refractivity contribution in [3.05, 3.63) is 337 Å². The molecule has 0 unspecified atom stereocenters. The normalized spacial score (nSPS) is 10.2. The summed E-state index contributed by atoms with van der Waals surface area (Å²) < 4.78 is 5.21. The quantitative estimate of drug-likeness (QED) is 0.120. The molecule has 0 bridgehead atoms. The molecule has 0 N–H and O–H groups in total. The summed E-state index contributed by atoms with van der Waals surface area (Å²) in [5.41, 5.74) is 15.5. The standard InChI is InChI=1S/C18H17NO.2C18H17N.2C14H12N2/c1-19(15-10-12-16(20-2)13-11-15)18-9-5-7-14-6-3-4-8-17(14)18;1-14-7-5-10-16(13-14)19(2)18-12-6-9-15-8-3-4-11-17(15)18;1-14-10-12-16(13-11-14)19(2)18-9-5-7-15-6-3-4-8-17(15)18;1-15-12-7-6-10-14(11-12)16(2)13-8-4-3-5-9-13;1-16(13-5-3-2-4-6-13)14-9-7-12(11-15)8-10-14/h3-13H,1-2H3;2*3-13H,1-2H3;3-11H,2H3;2-10H,1H3. The number of nitrogens with zero attached hydrogens (tertiary/aromatic N) is 7. The van der Waals surface area contributed by atoms with Crippen LogP contribution in [0.4, 0.5) is 62.6 Å². The summed E-state index contributed by atoms with van der Waals surface area (Å²) in [6.45, 7) is 11.2. The number of fused-ring (bicyclic) bond motifs is 3. The number of methoxy groups -OCH3 is 1. The summed E-state index contributed by atoms with van der Waals surface area (Å²) in [4.78, 5) is 14.3. The van der Waals surface area contributed by atoms with Gasteiger partial charge in [-0.15, -0.1) is 0 Å². The van der Waals surface area contributed by atoms with Crippen molar-refractivity contribution < 1.29 is 4.74 Å². The van der Waals surface area contributed by atoms with E-state index in [9.17, 15) is 0 Å². The monoisotopic (exact) mass is 1170 g/mol. The summed E-state index contributed by atoms with van der Waals surface area (Å²) >= 11 is 0. The van der Waals surface area contributed by atoms with Crippen LogP contribution in [-0.2, 0) is 0 Å². The van der Waals surface area contributed by atoms with Crippen molar-refractivity contribution in [2.45, 2.75) is 13.8 Å². The van der Waals surface area contributed by atoms with Crippen LogP contribution >= 0.6 is 0 Å². The number of hydrogen-bond acceptors (Lipinski definition) is 7. The van der Waals surface area contributed by atoms with Crippen molar-refractivity contribution in [1.29, 1.82) is 5.26 Å². The first kappa shape index (κ1) is 62.9. The summed E-state index contributed by atoms with van der Waals surface area (Å²) in [6.07, 6.45) is 0. The third-order valence-electron chi connectivity index (χ3n) is 15.7. The van der Waals surface area contributed by atoms with Crippen molar-refractivity contribution in [3.63, 3.8) is 0 Å². The van der Waals surface area contributed by atoms with Crippen LogP contribution in [0.15, 0.2) is 309 Å². The molecule has 444 valence electrons. The van der Waals surface area contributed by atoms with Gasteiger partial charge in [0.05, 0.1) is 25.3 Å². The van der Waals surface area contributed by atoms with E-state index in [1.54, 1.807) is 7.11 Å². The molecule has 0 aliphatic carbocycles. The third kappa shape index (κ3) is 16.3. The lowest BCUT2D eigenvalue weighted by Crippen LogP contribution is -2.09. The molecular formula is C82H75N7O. The number of rotatable bonds is 11. The Labute approximate surface area is 532 Å². The second-order valence-electron chi connectivity index (χ2n) is 21.6. The topological polar surface area (TPSA) is 53.6 Å². The molecular weight excluding hydrogens is 1100 g/mol. The lowest BCUT2D eigenvalue weighted by Gasteiger charge is -2.21. The van der Waals surface area contributed by atoms with Gasteiger partial charge in [0.15, 0.2) is 5.69 Å². The van der Waals surface area contributed by atoms with E-state index < -0.39 is 0 Å². The van der Waals surface area contributed by atoms with E-state index in [4.69, 9.17) is 16.6 Å². The molecule has 0 atom stereocenters. The van der Waals surface area contributed by atoms with Gasteiger partial charge >= 0.3 is 0 Å². The maximum absolute atomic E-state index is 8.72. The predicted molar refractivity (Wildman–Crippen MR) is 384 cm³/mol. The molecule has 0 fully saturated rings.